The largest absolute Gasteiger partial charge is 0.509 e. The number of aliphatic hydroxyl groups excluding tert-OH is 1. The molecule has 1 aromatic rings. The third-order valence-corrected chi connectivity index (χ3v) is 3.19. The first-order chi connectivity index (χ1) is 11.1. The maximum atomic E-state index is 14.6. The third kappa shape index (κ3) is 4.01. The van der Waals surface area contributed by atoms with E-state index < -0.39 is 54.2 Å². The molecule has 2 rings (SSSR count). The highest BCUT2D eigenvalue weighted by molar-refractivity contribution is 5.61. The van der Waals surface area contributed by atoms with Gasteiger partial charge in [0.1, 0.15) is 11.7 Å². The Morgan fingerprint density at radius 1 is 1.46 bits per heavy atom. The average molecular weight is 346 g/mol. The van der Waals surface area contributed by atoms with Crippen LogP contribution >= 0.6 is 0 Å². The van der Waals surface area contributed by atoms with E-state index in [1.165, 1.54) is 0 Å². The molecule has 0 aliphatic carbocycles. The lowest BCUT2D eigenvalue weighted by molar-refractivity contribution is -0.0691. The van der Waals surface area contributed by atoms with Crippen molar-refractivity contribution in [3.8, 4) is 0 Å². The summed E-state index contributed by atoms with van der Waals surface area (Å²) in [4.78, 5) is 36.5. The van der Waals surface area contributed by atoms with Crippen molar-refractivity contribution in [2.75, 3.05) is 6.61 Å². The molecule has 2 N–H and O–H groups in total. The predicted octanol–water partition coefficient (Wildman–Crippen LogP) is 0.0847. The van der Waals surface area contributed by atoms with Gasteiger partial charge >= 0.3 is 11.8 Å². The van der Waals surface area contributed by atoms with E-state index in [0.717, 1.165) is 16.8 Å². The highest BCUT2D eigenvalue weighted by Gasteiger charge is 2.49. The van der Waals surface area contributed by atoms with Crippen molar-refractivity contribution < 1.29 is 28.5 Å². The fourth-order valence-electron chi connectivity index (χ4n) is 2.22. The van der Waals surface area contributed by atoms with Gasteiger partial charge in [-0.15, -0.1) is 0 Å². The number of halogens is 1. The third-order valence-electron chi connectivity index (χ3n) is 3.19. The number of hydrogen-bond donors (Lipinski definition) is 2. The Bertz CT molecular complexity index is 708. The van der Waals surface area contributed by atoms with Gasteiger partial charge in [0.25, 0.3) is 5.56 Å². The van der Waals surface area contributed by atoms with E-state index in [-0.39, 0.29) is 0 Å². The Balaban J connectivity index is 2.20. The second-order valence-electron chi connectivity index (χ2n) is 6.26. The first kappa shape index (κ1) is 18.1. The van der Waals surface area contributed by atoms with Gasteiger partial charge in [-0.25, -0.2) is 14.0 Å². The van der Waals surface area contributed by atoms with Crippen LogP contribution in [-0.2, 0) is 14.2 Å². The van der Waals surface area contributed by atoms with Gasteiger partial charge in [-0.05, 0) is 20.8 Å². The number of H-pyrrole nitrogens is 1. The molecule has 9 nitrogen and oxygen atoms in total. The number of aromatic nitrogens is 2. The molecule has 0 aromatic carbocycles. The normalized spacial score (nSPS) is 27.0. The van der Waals surface area contributed by atoms with Crippen molar-refractivity contribution >= 4 is 6.16 Å². The summed E-state index contributed by atoms with van der Waals surface area (Å²) in [6.45, 7) is 4.19. The molecule has 1 fully saturated rings. The molecule has 0 amide bonds. The fraction of sp³-hybridized carbons (Fsp3) is 0.643. The van der Waals surface area contributed by atoms with E-state index >= 15 is 0 Å². The van der Waals surface area contributed by atoms with Crippen LogP contribution in [0.25, 0.3) is 0 Å². The van der Waals surface area contributed by atoms with E-state index in [0.29, 0.717) is 0 Å². The average Bonchev–Trinajstić information content (AvgIpc) is 2.74. The summed E-state index contributed by atoms with van der Waals surface area (Å²) in [6.07, 6.45) is -6.11. The molecule has 1 aromatic heterocycles. The molecule has 1 saturated heterocycles. The van der Waals surface area contributed by atoms with E-state index in [9.17, 15) is 23.9 Å². The lowest BCUT2D eigenvalue weighted by atomic mass is 10.1. The summed E-state index contributed by atoms with van der Waals surface area (Å²) in [5.41, 5.74) is -2.37. The fourth-order valence-corrected chi connectivity index (χ4v) is 2.22. The molecular formula is C14H19FN2O7. The van der Waals surface area contributed by atoms with Gasteiger partial charge in [0.15, 0.2) is 18.5 Å². The molecule has 0 bridgehead atoms. The zero-order valence-corrected chi connectivity index (χ0v) is 13.4. The summed E-state index contributed by atoms with van der Waals surface area (Å²) in [5.74, 6) is 0. The molecule has 24 heavy (non-hydrogen) atoms. The molecular weight excluding hydrogens is 327 g/mol. The van der Waals surface area contributed by atoms with Gasteiger partial charge in [0.05, 0.1) is 6.61 Å². The number of nitrogens with zero attached hydrogens (tertiary/aromatic N) is 1. The number of rotatable bonds is 3. The summed E-state index contributed by atoms with van der Waals surface area (Å²) >= 11 is 0. The number of aliphatic hydroxyl groups is 1. The van der Waals surface area contributed by atoms with Crippen LogP contribution < -0.4 is 11.2 Å². The quantitative estimate of drug-likeness (QED) is 0.744. The SMILES string of the molecule is CC(C)(C)OC(=O)OC1[C@@H](F)C(n2ccc(=O)[nH]c2=O)O[C@@H]1CO. The van der Waals surface area contributed by atoms with Crippen molar-refractivity contribution in [1.82, 2.24) is 9.55 Å². The molecule has 0 radical (unpaired) electrons. The minimum absolute atomic E-state index is 0.636. The van der Waals surface area contributed by atoms with Gasteiger partial charge in [-0.1, -0.05) is 0 Å². The standard InChI is InChI=1S/C14H19FN2O7/c1-14(2,3)24-13(21)23-10-7(6-18)22-11(9(10)15)17-5-4-8(19)16-12(17)20/h4-5,7,9-11,18H,6H2,1-3H3,(H,16,19,20)/t7-,9-,10?,11?/m1/s1. The summed E-state index contributed by atoms with van der Waals surface area (Å²) in [5, 5.41) is 9.31. The molecule has 0 spiro atoms. The Morgan fingerprint density at radius 2 is 2.12 bits per heavy atom. The zero-order chi connectivity index (χ0) is 18.1. The van der Waals surface area contributed by atoms with Crippen LogP contribution in [0.4, 0.5) is 9.18 Å². The van der Waals surface area contributed by atoms with Crippen molar-refractivity contribution in [3.63, 3.8) is 0 Å². The predicted molar refractivity (Wildman–Crippen MR) is 78.3 cm³/mol. The Kier molecular flexibility index (Phi) is 5.09. The first-order valence-electron chi connectivity index (χ1n) is 7.24. The monoisotopic (exact) mass is 346 g/mol. The summed E-state index contributed by atoms with van der Waals surface area (Å²) in [6, 6.07) is 1.02. The van der Waals surface area contributed by atoms with Crippen molar-refractivity contribution in [2.24, 2.45) is 0 Å². The molecule has 1 aliphatic rings. The summed E-state index contributed by atoms with van der Waals surface area (Å²) in [7, 11) is 0. The number of nitrogens with one attached hydrogen (secondary N) is 1. The topological polar surface area (TPSA) is 120 Å². The van der Waals surface area contributed by atoms with Gasteiger partial charge in [0.2, 0.25) is 0 Å². The number of alkyl halides is 1. The van der Waals surface area contributed by atoms with Gasteiger partial charge in [-0.3, -0.25) is 14.3 Å². The van der Waals surface area contributed by atoms with E-state index in [2.05, 4.69) is 0 Å². The maximum Gasteiger partial charge on any atom is 0.509 e. The van der Waals surface area contributed by atoms with Gasteiger partial charge in [-0.2, -0.15) is 0 Å². The minimum Gasteiger partial charge on any atom is -0.429 e. The second-order valence-corrected chi connectivity index (χ2v) is 6.26. The Morgan fingerprint density at radius 3 is 2.67 bits per heavy atom. The van der Waals surface area contributed by atoms with Crippen LogP contribution in [0.15, 0.2) is 21.9 Å². The number of carbonyl (C=O) groups excluding carboxylic acids is 1. The molecule has 10 heteroatoms. The number of carbonyl (C=O) groups is 1. The van der Waals surface area contributed by atoms with E-state index in [1.54, 1.807) is 20.8 Å². The van der Waals surface area contributed by atoms with Crippen LogP contribution in [0.2, 0.25) is 0 Å². The minimum atomic E-state index is -1.95. The van der Waals surface area contributed by atoms with Crippen molar-refractivity contribution in [2.45, 2.75) is 51.0 Å². The smallest absolute Gasteiger partial charge is 0.429 e. The first-order valence-corrected chi connectivity index (χ1v) is 7.24. The Labute approximate surface area is 136 Å². The van der Waals surface area contributed by atoms with Crippen LogP contribution in [0.3, 0.4) is 0 Å². The molecule has 4 atom stereocenters. The highest BCUT2D eigenvalue weighted by atomic mass is 19.1. The maximum absolute atomic E-state index is 14.6. The van der Waals surface area contributed by atoms with Crippen molar-refractivity contribution in [1.29, 1.82) is 0 Å². The second kappa shape index (κ2) is 6.73. The highest BCUT2D eigenvalue weighted by Crippen LogP contribution is 2.33. The molecule has 2 unspecified atom stereocenters. The number of hydrogen-bond acceptors (Lipinski definition) is 7. The van der Waals surface area contributed by atoms with Gasteiger partial charge in [0, 0.05) is 12.3 Å². The van der Waals surface area contributed by atoms with Crippen LogP contribution in [-0.4, -0.2) is 51.4 Å². The van der Waals surface area contributed by atoms with Crippen LogP contribution in [0.5, 0.6) is 0 Å². The van der Waals surface area contributed by atoms with Crippen molar-refractivity contribution in [3.05, 3.63) is 33.1 Å². The lowest BCUT2D eigenvalue weighted by Crippen LogP contribution is -2.39. The molecule has 134 valence electrons. The van der Waals surface area contributed by atoms with Gasteiger partial charge < -0.3 is 19.3 Å². The molecule has 1 aliphatic heterocycles. The van der Waals surface area contributed by atoms with Crippen LogP contribution in [0.1, 0.15) is 27.0 Å². The zero-order valence-electron chi connectivity index (χ0n) is 13.4. The lowest BCUT2D eigenvalue weighted by Gasteiger charge is -2.23. The van der Waals surface area contributed by atoms with E-state index in [4.69, 9.17) is 14.2 Å². The molecule has 2 heterocycles. The summed E-state index contributed by atoms with van der Waals surface area (Å²) < 4.78 is 30.5. The van der Waals surface area contributed by atoms with E-state index in [1.807, 2.05) is 4.98 Å². The Hall–Kier alpha value is -2.20. The number of aromatic amines is 1. The molecule has 0 saturated carbocycles. The van der Waals surface area contributed by atoms with Crippen LogP contribution in [0, 0.1) is 0 Å². The number of ether oxygens (including phenoxy) is 3.